The summed E-state index contributed by atoms with van der Waals surface area (Å²) in [5.41, 5.74) is 9.05. The third-order valence-electron chi connectivity index (χ3n) is 4.33. The number of primary amides is 1. The van der Waals surface area contributed by atoms with Crippen LogP contribution in [0.25, 0.3) is 28.1 Å². The van der Waals surface area contributed by atoms with Crippen molar-refractivity contribution in [3.63, 3.8) is 0 Å². The molecule has 0 aliphatic heterocycles. The second-order valence-electron chi connectivity index (χ2n) is 6.16. The van der Waals surface area contributed by atoms with Gasteiger partial charge in [0.2, 0.25) is 0 Å². The zero-order valence-corrected chi connectivity index (χ0v) is 14.8. The highest BCUT2D eigenvalue weighted by atomic mass is 16.1. The van der Waals surface area contributed by atoms with Crippen molar-refractivity contribution >= 4 is 5.91 Å². The molecule has 0 aliphatic carbocycles. The SMILES string of the molecule is NC(=O)c1ncccc1-c1cc(-c2ccccn2)cc(-n2ccccc2=O)c1. The van der Waals surface area contributed by atoms with Crippen molar-refractivity contribution in [1.29, 1.82) is 0 Å². The lowest BCUT2D eigenvalue weighted by Crippen LogP contribution is -2.16. The number of nitrogens with two attached hydrogens (primary N) is 1. The highest BCUT2D eigenvalue weighted by Gasteiger charge is 2.14. The Morgan fingerprint density at radius 1 is 0.857 bits per heavy atom. The maximum atomic E-state index is 12.4. The molecule has 4 rings (SSSR count). The van der Waals surface area contributed by atoms with E-state index in [2.05, 4.69) is 9.97 Å². The molecule has 6 nitrogen and oxygen atoms in total. The fraction of sp³-hybridized carbons (Fsp3) is 0. The Bertz CT molecular complexity index is 1220. The zero-order chi connectivity index (χ0) is 19.5. The predicted molar refractivity (Wildman–Crippen MR) is 107 cm³/mol. The average molecular weight is 368 g/mol. The van der Waals surface area contributed by atoms with Crippen LogP contribution < -0.4 is 11.3 Å². The number of aromatic nitrogens is 3. The minimum atomic E-state index is -0.614. The van der Waals surface area contributed by atoms with E-state index in [0.29, 0.717) is 11.3 Å². The number of rotatable bonds is 4. The largest absolute Gasteiger partial charge is 0.364 e. The molecule has 0 aliphatic rings. The second-order valence-corrected chi connectivity index (χ2v) is 6.16. The third-order valence-corrected chi connectivity index (χ3v) is 4.33. The van der Waals surface area contributed by atoms with Crippen molar-refractivity contribution in [2.24, 2.45) is 5.73 Å². The first-order chi connectivity index (χ1) is 13.6. The Morgan fingerprint density at radius 3 is 2.39 bits per heavy atom. The van der Waals surface area contributed by atoms with Crippen molar-refractivity contribution < 1.29 is 4.79 Å². The number of pyridine rings is 3. The van der Waals surface area contributed by atoms with Gasteiger partial charge in [-0.15, -0.1) is 0 Å². The standard InChI is InChI=1S/C22H16N4O2/c23-22(28)21-18(6-5-10-25-21)15-12-16(19-7-1-3-9-24-19)14-17(13-15)26-11-4-2-8-20(26)27/h1-14H,(H2,23,28). The molecule has 1 aromatic carbocycles. The van der Waals surface area contributed by atoms with Gasteiger partial charge in [-0.1, -0.05) is 18.2 Å². The Morgan fingerprint density at radius 2 is 1.64 bits per heavy atom. The lowest BCUT2D eigenvalue weighted by molar-refractivity contribution is 0.0996. The number of benzene rings is 1. The van der Waals surface area contributed by atoms with Crippen LogP contribution >= 0.6 is 0 Å². The van der Waals surface area contributed by atoms with Crippen LogP contribution in [0.1, 0.15) is 10.5 Å². The molecule has 0 saturated heterocycles. The predicted octanol–water partition coefficient (Wildman–Crippen LogP) is 3.06. The molecule has 3 aromatic heterocycles. The summed E-state index contributed by atoms with van der Waals surface area (Å²) in [5, 5.41) is 0. The molecule has 0 atom stereocenters. The van der Waals surface area contributed by atoms with E-state index in [9.17, 15) is 9.59 Å². The topological polar surface area (TPSA) is 90.9 Å². The van der Waals surface area contributed by atoms with E-state index in [1.165, 1.54) is 16.8 Å². The summed E-state index contributed by atoms with van der Waals surface area (Å²) in [6.07, 6.45) is 4.92. The van der Waals surface area contributed by atoms with Gasteiger partial charge < -0.3 is 5.73 Å². The van der Waals surface area contributed by atoms with Crippen molar-refractivity contribution in [1.82, 2.24) is 14.5 Å². The Hall–Kier alpha value is -4.06. The fourth-order valence-electron chi connectivity index (χ4n) is 3.06. The van der Waals surface area contributed by atoms with Crippen LogP contribution in [0.15, 0.2) is 90.1 Å². The second kappa shape index (κ2) is 7.28. The van der Waals surface area contributed by atoms with Gasteiger partial charge in [0.15, 0.2) is 0 Å². The number of nitrogens with zero attached hydrogens (tertiary/aromatic N) is 3. The van der Waals surface area contributed by atoms with Crippen LogP contribution in [0.4, 0.5) is 0 Å². The van der Waals surface area contributed by atoms with E-state index in [4.69, 9.17) is 5.73 Å². The van der Waals surface area contributed by atoms with E-state index in [1.807, 2.05) is 36.4 Å². The molecule has 4 aromatic rings. The van der Waals surface area contributed by atoms with Crippen molar-refractivity contribution in [2.45, 2.75) is 0 Å². The zero-order valence-electron chi connectivity index (χ0n) is 14.8. The van der Waals surface area contributed by atoms with Gasteiger partial charge in [0.25, 0.3) is 11.5 Å². The van der Waals surface area contributed by atoms with Crippen molar-refractivity contribution in [3.8, 4) is 28.1 Å². The molecule has 136 valence electrons. The van der Waals surface area contributed by atoms with Crippen LogP contribution in [0, 0.1) is 0 Å². The maximum absolute atomic E-state index is 12.4. The number of carbonyl (C=O) groups is 1. The van der Waals surface area contributed by atoms with Gasteiger partial charge in [-0.2, -0.15) is 0 Å². The smallest absolute Gasteiger partial charge is 0.267 e. The fourth-order valence-corrected chi connectivity index (χ4v) is 3.06. The molecular formula is C22H16N4O2. The molecule has 3 heterocycles. The Kier molecular flexibility index (Phi) is 4.51. The summed E-state index contributed by atoms with van der Waals surface area (Å²) < 4.78 is 1.54. The molecular weight excluding hydrogens is 352 g/mol. The van der Waals surface area contributed by atoms with E-state index in [1.54, 1.807) is 36.7 Å². The third kappa shape index (κ3) is 3.31. The van der Waals surface area contributed by atoms with Gasteiger partial charge >= 0.3 is 0 Å². The molecule has 2 N–H and O–H groups in total. The van der Waals surface area contributed by atoms with Gasteiger partial charge in [-0.25, -0.2) is 0 Å². The summed E-state index contributed by atoms with van der Waals surface area (Å²) >= 11 is 0. The van der Waals surface area contributed by atoms with Gasteiger partial charge in [0.1, 0.15) is 5.69 Å². The summed E-state index contributed by atoms with van der Waals surface area (Å²) in [7, 11) is 0. The Labute approximate surface area is 160 Å². The molecule has 6 heteroatoms. The first-order valence-electron chi connectivity index (χ1n) is 8.63. The van der Waals surface area contributed by atoms with Gasteiger partial charge in [0, 0.05) is 41.5 Å². The molecule has 0 fully saturated rings. The van der Waals surface area contributed by atoms with E-state index in [0.717, 1.165) is 16.8 Å². The number of hydrogen-bond acceptors (Lipinski definition) is 4. The van der Waals surface area contributed by atoms with Crippen molar-refractivity contribution in [2.75, 3.05) is 0 Å². The lowest BCUT2D eigenvalue weighted by atomic mass is 9.98. The van der Waals surface area contributed by atoms with Crippen LogP contribution in [0.2, 0.25) is 0 Å². The summed E-state index contributed by atoms with van der Waals surface area (Å²) in [4.78, 5) is 32.7. The highest BCUT2D eigenvalue weighted by Crippen LogP contribution is 2.30. The van der Waals surface area contributed by atoms with E-state index in [-0.39, 0.29) is 11.3 Å². The van der Waals surface area contributed by atoms with Crippen LogP contribution in [0.3, 0.4) is 0 Å². The summed E-state index contributed by atoms with van der Waals surface area (Å²) in [6.45, 7) is 0. The highest BCUT2D eigenvalue weighted by molar-refractivity contribution is 5.98. The lowest BCUT2D eigenvalue weighted by Gasteiger charge is -2.13. The van der Waals surface area contributed by atoms with Crippen molar-refractivity contribution in [3.05, 3.63) is 101 Å². The quantitative estimate of drug-likeness (QED) is 0.599. The van der Waals surface area contributed by atoms with E-state index >= 15 is 0 Å². The van der Waals surface area contributed by atoms with Gasteiger partial charge in [-0.05, 0) is 48.0 Å². The van der Waals surface area contributed by atoms with E-state index < -0.39 is 5.91 Å². The molecule has 0 unspecified atom stereocenters. The number of carbonyl (C=O) groups excluding carboxylic acids is 1. The minimum absolute atomic E-state index is 0.159. The first-order valence-corrected chi connectivity index (χ1v) is 8.63. The molecule has 0 saturated carbocycles. The molecule has 0 radical (unpaired) electrons. The first kappa shape index (κ1) is 17.4. The van der Waals surface area contributed by atoms with Crippen LogP contribution in [-0.2, 0) is 0 Å². The van der Waals surface area contributed by atoms with Gasteiger partial charge in [-0.3, -0.25) is 24.1 Å². The van der Waals surface area contributed by atoms with Crippen LogP contribution in [-0.4, -0.2) is 20.4 Å². The average Bonchev–Trinajstić information content (AvgIpc) is 2.74. The minimum Gasteiger partial charge on any atom is -0.364 e. The number of hydrogen-bond donors (Lipinski definition) is 1. The maximum Gasteiger partial charge on any atom is 0.267 e. The molecule has 1 amide bonds. The normalized spacial score (nSPS) is 10.6. The Balaban J connectivity index is 2.00. The van der Waals surface area contributed by atoms with Gasteiger partial charge in [0.05, 0.1) is 5.69 Å². The number of amides is 1. The summed E-state index contributed by atoms with van der Waals surface area (Å²) in [5.74, 6) is -0.614. The molecule has 0 spiro atoms. The molecule has 28 heavy (non-hydrogen) atoms. The monoisotopic (exact) mass is 368 g/mol. The molecule has 0 bridgehead atoms. The summed E-state index contributed by atoms with van der Waals surface area (Å²) in [6, 6.07) is 19.7. The van der Waals surface area contributed by atoms with Crippen LogP contribution in [0.5, 0.6) is 0 Å².